The first kappa shape index (κ1) is 15.7. The quantitative estimate of drug-likeness (QED) is 0.854. The molecule has 2 aliphatic rings. The molecule has 2 fully saturated rings. The normalized spacial score (nSPS) is 26.1. The molecule has 2 amide bonds. The summed E-state index contributed by atoms with van der Waals surface area (Å²) < 4.78 is 10.5. The Morgan fingerprint density at radius 1 is 1.16 bits per heavy atom. The largest absolute Gasteiger partial charge is 0.467 e. The van der Waals surface area contributed by atoms with Crippen molar-refractivity contribution in [3.05, 3.63) is 54.5 Å². The van der Waals surface area contributed by atoms with Gasteiger partial charge in [0.05, 0.1) is 30.5 Å². The summed E-state index contributed by atoms with van der Waals surface area (Å²) in [5.41, 5.74) is 0.815. The molecular weight excluding hydrogens is 324 g/mol. The predicted octanol–water partition coefficient (Wildman–Crippen LogP) is 2.76. The Balaban J connectivity index is 1.72. The van der Waals surface area contributed by atoms with Gasteiger partial charge in [-0.25, -0.2) is 14.8 Å². The lowest BCUT2D eigenvalue weighted by atomic mass is 9.92. The molecule has 0 saturated carbocycles. The molecule has 0 spiro atoms. The van der Waals surface area contributed by atoms with E-state index in [-0.39, 0.29) is 19.1 Å². The Morgan fingerprint density at radius 2 is 1.96 bits per heavy atom. The van der Waals surface area contributed by atoms with Crippen molar-refractivity contribution >= 4 is 17.7 Å². The van der Waals surface area contributed by atoms with Crippen molar-refractivity contribution in [3.63, 3.8) is 0 Å². The SMILES string of the molecule is C[C@@H]1ON(c2ccccc2)[C@H](c2ccco2)[C@H]1C(=O)N1CCOC1=O. The van der Waals surface area contributed by atoms with Gasteiger partial charge in [-0.1, -0.05) is 18.2 Å². The van der Waals surface area contributed by atoms with E-state index in [0.717, 1.165) is 10.6 Å². The van der Waals surface area contributed by atoms with E-state index in [4.69, 9.17) is 14.0 Å². The van der Waals surface area contributed by atoms with Crippen molar-refractivity contribution in [2.24, 2.45) is 5.92 Å². The summed E-state index contributed by atoms with van der Waals surface area (Å²) >= 11 is 0. The van der Waals surface area contributed by atoms with E-state index in [1.54, 1.807) is 17.4 Å². The molecule has 1 aromatic carbocycles. The molecule has 2 saturated heterocycles. The van der Waals surface area contributed by atoms with Crippen LogP contribution in [0, 0.1) is 5.92 Å². The Labute approximate surface area is 144 Å². The van der Waals surface area contributed by atoms with Crippen molar-refractivity contribution in [2.45, 2.75) is 19.1 Å². The van der Waals surface area contributed by atoms with Crippen molar-refractivity contribution in [2.75, 3.05) is 18.2 Å². The minimum atomic E-state index is -0.603. The molecule has 2 aliphatic heterocycles. The maximum atomic E-state index is 13.0. The van der Waals surface area contributed by atoms with Gasteiger partial charge in [0, 0.05) is 0 Å². The molecule has 25 heavy (non-hydrogen) atoms. The molecule has 0 N–H and O–H groups in total. The molecular formula is C18H18N2O5. The zero-order chi connectivity index (χ0) is 17.4. The standard InChI is InChI=1S/C18H18N2O5/c1-12-15(17(21)19-9-11-24-18(19)22)16(14-8-5-10-23-14)20(25-12)13-6-3-2-4-7-13/h2-8,10,12,15-16H,9,11H2,1H3/t12-,15-,16+/m0/s1. The van der Waals surface area contributed by atoms with Crippen molar-refractivity contribution in [1.29, 1.82) is 0 Å². The third-order valence-corrected chi connectivity index (χ3v) is 4.54. The smallest absolute Gasteiger partial charge is 0.416 e. The lowest BCUT2D eigenvalue weighted by molar-refractivity contribution is -0.133. The predicted molar refractivity (Wildman–Crippen MR) is 87.5 cm³/mol. The van der Waals surface area contributed by atoms with Gasteiger partial charge >= 0.3 is 6.09 Å². The molecule has 4 rings (SSSR count). The molecule has 1 aromatic heterocycles. The number of cyclic esters (lactones) is 1. The number of ether oxygens (including phenoxy) is 1. The van der Waals surface area contributed by atoms with Gasteiger partial charge in [-0.2, -0.15) is 0 Å². The number of hydrogen-bond donors (Lipinski definition) is 0. The van der Waals surface area contributed by atoms with Crippen LogP contribution < -0.4 is 5.06 Å². The van der Waals surface area contributed by atoms with Crippen molar-refractivity contribution < 1.29 is 23.6 Å². The molecule has 130 valence electrons. The van der Waals surface area contributed by atoms with Gasteiger partial charge in [0.2, 0.25) is 5.91 Å². The van der Waals surface area contributed by atoms with Crippen LogP contribution in [0.5, 0.6) is 0 Å². The van der Waals surface area contributed by atoms with Gasteiger partial charge in [-0.15, -0.1) is 0 Å². The molecule has 0 radical (unpaired) electrons. The van der Waals surface area contributed by atoms with Crippen molar-refractivity contribution in [3.8, 4) is 0 Å². The lowest BCUT2D eigenvalue weighted by Gasteiger charge is -2.26. The van der Waals surface area contributed by atoms with Gasteiger partial charge in [0.25, 0.3) is 0 Å². The molecule has 0 unspecified atom stereocenters. The second-order valence-electron chi connectivity index (χ2n) is 6.06. The summed E-state index contributed by atoms with van der Waals surface area (Å²) in [6.07, 6.45) is 0.539. The van der Waals surface area contributed by atoms with E-state index in [9.17, 15) is 9.59 Å². The second-order valence-corrected chi connectivity index (χ2v) is 6.06. The average molecular weight is 342 g/mol. The Hall–Kier alpha value is -2.80. The van der Waals surface area contributed by atoms with Crippen LogP contribution in [0.15, 0.2) is 53.1 Å². The number of imide groups is 1. The number of benzene rings is 1. The van der Waals surface area contributed by atoms with Crippen molar-refractivity contribution in [1.82, 2.24) is 4.90 Å². The third-order valence-electron chi connectivity index (χ3n) is 4.54. The van der Waals surface area contributed by atoms with Crippen LogP contribution >= 0.6 is 0 Å². The summed E-state index contributed by atoms with van der Waals surface area (Å²) in [6, 6.07) is 12.6. The van der Waals surface area contributed by atoms with E-state index in [2.05, 4.69) is 0 Å². The number of nitrogens with zero attached hydrogens (tertiary/aromatic N) is 2. The van der Waals surface area contributed by atoms with Gasteiger partial charge in [0.1, 0.15) is 18.4 Å². The van der Waals surface area contributed by atoms with Crippen LogP contribution in [-0.4, -0.2) is 36.2 Å². The Morgan fingerprint density at radius 3 is 2.60 bits per heavy atom. The van der Waals surface area contributed by atoms with E-state index in [1.807, 2.05) is 43.3 Å². The summed E-state index contributed by atoms with van der Waals surface area (Å²) in [6.45, 7) is 2.31. The number of carbonyl (C=O) groups excluding carboxylic acids is 2. The van der Waals surface area contributed by atoms with Crippen LogP contribution in [-0.2, 0) is 14.4 Å². The number of para-hydroxylation sites is 1. The first-order valence-corrected chi connectivity index (χ1v) is 8.19. The Bertz CT molecular complexity index is 761. The second kappa shape index (κ2) is 6.25. The highest BCUT2D eigenvalue weighted by Crippen LogP contribution is 2.43. The Kier molecular flexibility index (Phi) is 3.93. The summed E-state index contributed by atoms with van der Waals surface area (Å²) in [5.74, 6) is -0.286. The highest BCUT2D eigenvalue weighted by molar-refractivity contribution is 5.95. The fraction of sp³-hybridized carbons (Fsp3) is 0.333. The number of rotatable bonds is 3. The summed E-state index contributed by atoms with van der Waals surface area (Å²) in [7, 11) is 0. The van der Waals surface area contributed by atoms with E-state index in [1.165, 1.54) is 0 Å². The maximum absolute atomic E-state index is 13.0. The van der Waals surface area contributed by atoms with E-state index >= 15 is 0 Å². The topological polar surface area (TPSA) is 72.2 Å². The third kappa shape index (κ3) is 2.66. The molecule has 0 aliphatic carbocycles. The summed E-state index contributed by atoms with van der Waals surface area (Å²) in [5, 5.41) is 1.69. The van der Waals surface area contributed by atoms with E-state index < -0.39 is 24.2 Å². The molecule has 7 heteroatoms. The monoisotopic (exact) mass is 342 g/mol. The molecule has 7 nitrogen and oxygen atoms in total. The number of amides is 2. The zero-order valence-corrected chi connectivity index (χ0v) is 13.7. The minimum absolute atomic E-state index is 0.223. The fourth-order valence-electron chi connectivity index (χ4n) is 3.37. The first-order valence-electron chi connectivity index (χ1n) is 8.19. The maximum Gasteiger partial charge on any atom is 0.416 e. The van der Waals surface area contributed by atoms with Crippen LogP contribution in [0.25, 0.3) is 0 Å². The highest BCUT2D eigenvalue weighted by Gasteiger charge is 2.51. The fourth-order valence-corrected chi connectivity index (χ4v) is 3.37. The van der Waals surface area contributed by atoms with Crippen LogP contribution in [0.1, 0.15) is 18.7 Å². The van der Waals surface area contributed by atoms with Crippen LogP contribution in [0.4, 0.5) is 10.5 Å². The molecule has 3 atom stereocenters. The average Bonchev–Trinajstić information content (AvgIpc) is 3.34. The molecule has 3 heterocycles. The number of hydroxylamine groups is 1. The van der Waals surface area contributed by atoms with Gasteiger partial charge in [0.15, 0.2) is 0 Å². The van der Waals surface area contributed by atoms with E-state index in [0.29, 0.717) is 5.76 Å². The number of carbonyl (C=O) groups is 2. The number of anilines is 1. The molecule has 0 bridgehead atoms. The molecule has 2 aromatic rings. The van der Waals surface area contributed by atoms with Gasteiger partial charge in [-0.3, -0.25) is 9.63 Å². The van der Waals surface area contributed by atoms with Crippen LogP contribution in [0.2, 0.25) is 0 Å². The lowest BCUT2D eigenvalue weighted by Crippen LogP contribution is -2.41. The highest BCUT2D eigenvalue weighted by atomic mass is 16.7. The van der Waals surface area contributed by atoms with Crippen LogP contribution in [0.3, 0.4) is 0 Å². The van der Waals surface area contributed by atoms with Gasteiger partial charge < -0.3 is 9.15 Å². The number of hydrogen-bond acceptors (Lipinski definition) is 6. The van der Waals surface area contributed by atoms with Gasteiger partial charge in [-0.05, 0) is 31.2 Å². The first-order chi connectivity index (χ1) is 12.2. The minimum Gasteiger partial charge on any atom is -0.467 e. The zero-order valence-electron chi connectivity index (χ0n) is 13.7. The summed E-state index contributed by atoms with van der Waals surface area (Å²) in [4.78, 5) is 32.0. The number of furan rings is 1.